The molecule has 2 aromatic rings. The topological polar surface area (TPSA) is 223 Å². The minimum atomic E-state index is -4.88. The highest BCUT2D eigenvalue weighted by Gasteiger charge is 2.68. The number of phenols is 1. The third kappa shape index (κ3) is 4.99. The van der Waals surface area contributed by atoms with Crippen LogP contribution in [0.15, 0.2) is 47.2 Å². The first kappa shape index (κ1) is 33.7. The van der Waals surface area contributed by atoms with Gasteiger partial charge in [-0.15, -0.1) is 0 Å². The molecule has 3 aliphatic rings. The highest BCUT2D eigenvalue weighted by molar-refractivity contribution is 6.30. The molecule has 5 rings (SSSR count). The van der Waals surface area contributed by atoms with Gasteiger partial charge in [-0.25, -0.2) is 4.79 Å². The van der Waals surface area contributed by atoms with E-state index in [-0.39, 0.29) is 10.6 Å². The predicted octanol–water partition coefficient (Wildman–Crippen LogP) is 2.81. The number of primary amides is 1. The normalized spacial score (nSPS) is 27.3. The molecule has 3 aliphatic carbocycles. The summed E-state index contributed by atoms with van der Waals surface area (Å²) in [6.07, 6.45) is -6.69. The number of nitrogens with two attached hydrogens (primary N) is 1. The molecule has 1 fully saturated rings. The fraction of sp³-hybridized carbons (Fsp3) is 0.333. The number of rotatable bonds is 4. The second-order valence-electron chi connectivity index (χ2n) is 11.7. The van der Waals surface area contributed by atoms with Crippen molar-refractivity contribution in [3.8, 4) is 5.75 Å². The summed E-state index contributed by atoms with van der Waals surface area (Å²) in [5.41, 5.74) is -2.16. The van der Waals surface area contributed by atoms with Gasteiger partial charge in [0, 0.05) is 16.5 Å². The Kier molecular flexibility index (Phi) is 8.08. The molecular formula is C30H28ClF3N4O9. The van der Waals surface area contributed by atoms with E-state index in [4.69, 9.17) is 17.3 Å². The van der Waals surface area contributed by atoms with Gasteiger partial charge in [0.25, 0.3) is 5.91 Å². The van der Waals surface area contributed by atoms with Crippen LogP contribution in [0.1, 0.15) is 29.5 Å². The Morgan fingerprint density at radius 1 is 1.04 bits per heavy atom. The zero-order valence-electron chi connectivity index (χ0n) is 24.7. The third-order valence-corrected chi connectivity index (χ3v) is 9.15. The van der Waals surface area contributed by atoms with Crippen molar-refractivity contribution in [1.82, 2.24) is 4.90 Å². The number of urea groups is 1. The van der Waals surface area contributed by atoms with Gasteiger partial charge in [0.1, 0.15) is 22.8 Å². The lowest BCUT2D eigenvalue weighted by Gasteiger charge is -2.53. The maximum absolute atomic E-state index is 14.1. The lowest BCUT2D eigenvalue weighted by molar-refractivity contribution is -0.169. The molecule has 0 spiro atoms. The number of alkyl halides is 3. The quantitative estimate of drug-likeness (QED) is 0.174. The number of aliphatic hydroxyl groups excluding tert-OH is 3. The van der Waals surface area contributed by atoms with Gasteiger partial charge >= 0.3 is 12.2 Å². The molecule has 2 aromatic carbocycles. The minimum Gasteiger partial charge on any atom is -0.508 e. The highest BCUT2D eigenvalue weighted by Crippen LogP contribution is 2.56. The van der Waals surface area contributed by atoms with E-state index in [0.717, 1.165) is 12.1 Å². The molecule has 1 saturated carbocycles. The monoisotopic (exact) mass is 680 g/mol. The molecule has 13 nitrogen and oxygen atoms in total. The molecule has 0 aromatic heterocycles. The predicted molar refractivity (Wildman–Crippen MR) is 159 cm³/mol. The summed E-state index contributed by atoms with van der Waals surface area (Å²) >= 11 is 5.67. The summed E-state index contributed by atoms with van der Waals surface area (Å²) in [7, 11) is 2.76. The number of anilines is 2. The van der Waals surface area contributed by atoms with Gasteiger partial charge in [-0.1, -0.05) is 24.6 Å². The average Bonchev–Trinajstić information content (AvgIpc) is 2.96. The first-order valence-electron chi connectivity index (χ1n) is 13.9. The number of nitrogens with zero attached hydrogens (tertiary/aromatic N) is 1. The van der Waals surface area contributed by atoms with Crippen LogP contribution in [0.3, 0.4) is 0 Å². The number of aromatic hydroxyl groups is 1. The molecule has 9 N–H and O–H groups in total. The van der Waals surface area contributed by atoms with Crippen molar-refractivity contribution in [2.45, 2.75) is 36.8 Å². The number of aliphatic hydroxyl groups is 4. The van der Waals surface area contributed by atoms with Gasteiger partial charge < -0.3 is 41.9 Å². The highest BCUT2D eigenvalue weighted by atomic mass is 35.5. The minimum absolute atomic E-state index is 0.148. The fourth-order valence-electron chi connectivity index (χ4n) is 6.85. The van der Waals surface area contributed by atoms with Gasteiger partial charge in [-0.05, 0) is 49.8 Å². The molecule has 3 amide bonds. The van der Waals surface area contributed by atoms with Crippen molar-refractivity contribution in [3.05, 3.63) is 69.0 Å². The Balaban J connectivity index is 1.60. The summed E-state index contributed by atoms with van der Waals surface area (Å²) in [4.78, 5) is 53.5. The average molecular weight is 681 g/mol. The van der Waals surface area contributed by atoms with Crippen LogP contribution in [-0.2, 0) is 20.6 Å². The van der Waals surface area contributed by atoms with E-state index in [0.29, 0.717) is 6.07 Å². The van der Waals surface area contributed by atoms with E-state index in [1.165, 1.54) is 38.1 Å². The van der Waals surface area contributed by atoms with Gasteiger partial charge in [0.15, 0.2) is 11.4 Å². The van der Waals surface area contributed by atoms with E-state index in [2.05, 4.69) is 5.32 Å². The number of hydrogen-bond donors (Lipinski definition) is 8. The molecule has 47 heavy (non-hydrogen) atoms. The number of carbonyl (C=O) groups is 4. The Labute approximate surface area is 268 Å². The number of nitrogens with one attached hydrogen (secondary N) is 2. The first-order valence-corrected chi connectivity index (χ1v) is 14.3. The second-order valence-corrected chi connectivity index (χ2v) is 12.2. The maximum atomic E-state index is 14.1. The molecule has 6 atom stereocenters. The van der Waals surface area contributed by atoms with Crippen molar-refractivity contribution >= 4 is 52.2 Å². The Bertz CT molecular complexity index is 1830. The number of halogens is 4. The standard InChI is InChI=1S/C30H28ClF3N4O9/c1-9-11-5-7-14(37-28(46)36-13-6-4-10(31)8-12(13)30(32,33)34)21(39)16(11)22(40)17-15(9)23(41)19-20(38(2)3)24(42)18(27(35)45)26(44)29(19,47)25(17)43/h4-9,15,19-20,23,39-41,44,47H,1-3H3,(H2,35,45)(H2,36,37,46)/t9-,15-,19-,20-,23?,29-/m1/s1. The molecule has 0 saturated heterocycles. The van der Waals surface area contributed by atoms with Crippen LogP contribution in [0.2, 0.25) is 5.02 Å². The van der Waals surface area contributed by atoms with Crippen LogP contribution in [0, 0.1) is 11.8 Å². The molecule has 0 radical (unpaired) electrons. The number of fused-ring (bicyclic) bond motifs is 3. The number of likely N-dealkylation sites (N-methyl/N-ethyl adjacent to an activating group) is 1. The summed E-state index contributed by atoms with van der Waals surface area (Å²) in [5, 5.41) is 60.9. The molecule has 0 bridgehead atoms. The van der Waals surface area contributed by atoms with Crippen molar-refractivity contribution in [2.24, 2.45) is 17.6 Å². The van der Waals surface area contributed by atoms with Crippen molar-refractivity contribution in [3.63, 3.8) is 0 Å². The number of ketones is 2. The van der Waals surface area contributed by atoms with Gasteiger partial charge in [-0.3, -0.25) is 19.3 Å². The van der Waals surface area contributed by atoms with E-state index < -0.39 is 116 Å². The van der Waals surface area contributed by atoms with E-state index in [1.807, 2.05) is 5.32 Å². The summed E-state index contributed by atoms with van der Waals surface area (Å²) in [6, 6.07) is 2.36. The van der Waals surface area contributed by atoms with Crippen LogP contribution in [-0.4, -0.2) is 85.8 Å². The van der Waals surface area contributed by atoms with Gasteiger partial charge in [-0.2, -0.15) is 13.2 Å². The van der Waals surface area contributed by atoms with Crippen molar-refractivity contribution in [1.29, 1.82) is 0 Å². The molecular weight excluding hydrogens is 653 g/mol. The zero-order chi connectivity index (χ0) is 35.1. The van der Waals surface area contributed by atoms with E-state index in [9.17, 15) is 57.9 Å². The van der Waals surface area contributed by atoms with E-state index >= 15 is 0 Å². The number of benzene rings is 2. The lowest BCUT2D eigenvalue weighted by atomic mass is 9.54. The third-order valence-electron chi connectivity index (χ3n) is 8.91. The SMILES string of the molecule is C[C@@H]1c2ccc(NC(=O)Nc3ccc(Cl)cc3C(F)(F)F)c(O)c2C(O)=C2C(=O)[C@@]3(O)C(O)=C(C(N)=O)C(=O)[C@H](N(C)C)[C@@H]3C(O)[C@@H]21. The van der Waals surface area contributed by atoms with Crippen LogP contribution in [0.5, 0.6) is 5.75 Å². The molecule has 0 heterocycles. The van der Waals surface area contributed by atoms with Crippen molar-refractivity contribution in [2.75, 3.05) is 24.7 Å². The van der Waals surface area contributed by atoms with Crippen LogP contribution < -0.4 is 16.4 Å². The smallest absolute Gasteiger partial charge is 0.418 e. The molecule has 1 unspecified atom stereocenters. The molecule has 250 valence electrons. The van der Waals surface area contributed by atoms with Crippen LogP contribution >= 0.6 is 11.6 Å². The number of carbonyl (C=O) groups excluding carboxylic acids is 4. The number of hydrogen-bond acceptors (Lipinski definition) is 10. The number of Topliss-reactive ketones (excluding diaryl/α,β-unsaturated/α-hetero) is 2. The van der Waals surface area contributed by atoms with E-state index in [1.54, 1.807) is 0 Å². The first-order chi connectivity index (χ1) is 21.7. The summed E-state index contributed by atoms with van der Waals surface area (Å²) in [5.74, 6) is -11.1. The Morgan fingerprint density at radius 2 is 1.64 bits per heavy atom. The Morgan fingerprint density at radius 3 is 2.21 bits per heavy atom. The van der Waals surface area contributed by atoms with Crippen LogP contribution in [0.25, 0.3) is 5.76 Å². The Hall–Kier alpha value is -4.64. The number of phenolic OH excluding ortho intramolecular Hbond substituents is 1. The second kappa shape index (κ2) is 11.3. The largest absolute Gasteiger partial charge is 0.508 e. The van der Waals surface area contributed by atoms with Gasteiger partial charge in [0.2, 0.25) is 5.78 Å². The fourth-order valence-corrected chi connectivity index (χ4v) is 7.03. The molecule has 0 aliphatic heterocycles. The van der Waals surface area contributed by atoms with Gasteiger partial charge in [0.05, 0.1) is 40.6 Å². The maximum Gasteiger partial charge on any atom is 0.418 e. The number of amides is 3. The van der Waals surface area contributed by atoms with Crippen molar-refractivity contribution < 1.29 is 57.9 Å². The molecule has 17 heteroatoms. The van der Waals surface area contributed by atoms with Crippen LogP contribution in [0.4, 0.5) is 29.3 Å². The summed E-state index contributed by atoms with van der Waals surface area (Å²) in [6.45, 7) is 1.51. The zero-order valence-corrected chi connectivity index (χ0v) is 25.4. The summed E-state index contributed by atoms with van der Waals surface area (Å²) < 4.78 is 40.5. The lowest BCUT2D eigenvalue weighted by Crippen LogP contribution is -2.70.